The Balaban J connectivity index is 3.45. The third kappa shape index (κ3) is 2.77. The first-order valence-corrected chi connectivity index (χ1v) is 4.79. The van der Waals surface area contributed by atoms with Crippen molar-refractivity contribution in [3.05, 3.63) is 34.6 Å². The molecule has 7 heteroatoms. The predicted molar refractivity (Wildman–Crippen MR) is 52.1 cm³/mol. The number of nitrogens with zero attached hydrogens (tertiary/aromatic N) is 1. The van der Waals surface area contributed by atoms with Crippen LogP contribution in [0.1, 0.15) is 28.4 Å². The fourth-order valence-corrected chi connectivity index (χ4v) is 1.27. The number of nitriles is 1. The first-order chi connectivity index (χ1) is 8.31. The number of carbonyl (C=O) groups excluding carboxylic acids is 1. The van der Waals surface area contributed by atoms with E-state index in [0.29, 0.717) is 12.1 Å². The van der Waals surface area contributed by atoms with Crippen molar-refractivity contribution in [1.82, 2.24) is 0 Å². The molecule has 1 aromatic rings. The number of esters is 1. The minimum Gasteiger partial charge on any atom is -0.462 e. The Morgan fingerprint density at radius 1 is 1.44 bits per heavy atom. The van der Waals surface area contributed by atoms with E-state index in [2.05, 4.69) is 4.74 Å². The van der Waals surface area contributed by atoms with Crippen LogP contribution >= 0.6 is 0 Å². The summed E-state index contributed by atoms with van der Waals surface area (Å²) in [5.74, 6) is -2.48. The van der Waals surface area contributed by atoms with E-state index in [1.807, 2.05) is 0 Å². The van der Waals surface area contributed by atoms with Crippen LogP contribution < -0.4 is 0 Å². The first-order valence-electron chi connectivity index (χ1n) is 4.79. The van der Waals surface area contributed by atoms with E-state index in [0.717, 1.165) is 0 Å². The molecule has 0 saturated carbocycles. The van der Waals surface area contributed by atoms with Gasteiger partial charge in [0.2, 0.25) is 0 Å². The lowest BCUT2D eigenvalue weighted by Crippen LogP contribution is -2.16. The maximum absolute atomic E-state index is 13.2. The maximum atomic E-state index is 13.2. The largest absolute Gasteiger partial charge is 0.462 e. The van der Waals surface area contributed by atoms with Gasteiger partial charge in [0.25, 0.3) is 0 Å². The van der Waals surface area contributed by atoms with Gasteiger partial charge >= 0.3 is 12.1 Å². The highest BCUT2D eigenvalue weighted by molar-refractivity contribution is 5.91. The van der Waals surface area contributed by atoms with E-state index in [9.17, 15) is 22.4 Å². The van der Waals surface area contributed by atoms with Crippen LogP contribution in [0.25, 0.3) is 0 Å². The van der Waals surface area contributed by atoms with Crippen molar-refractivity contribution >= 4 is 5.97 Å². The van der Waals surface area contributed by atoms with Crippen molar-refractivity contribution in [3.63, 3.8) is 0 Å². The van der Waals surface area contributed by atoms with Gasteiger partial charge in [0.05, 0.1) is 23.3 Å². The summed E-state index contributed by atoms with van der Waals surface area (Å²) < 4.78 is 55.6. The van der Waals surface area contributed by atoms with Crippen LogP contribution in [0.5, 0.6) is 0 Å². The predicted octanol–water partition coefficient (Wildman–Crippen LogP) is 2.89. The van der Waals surface area contributed by atoms with Crippen LogP contribution in [0.2, 0.25) is 0 Å². The molecule has 0 fully saturated rings. The van der Waals surface area contributed by atoms with E-state index in [1.165, 1.54) is 13.0 Å². The highest BCUT2D eigenvalue weighted by atomic mass is 19.4. The van der Waals surface area contributed by atoms with E-state index in [-0.39, 0.29) is 6.61 Å². The SMILES string of the molecule is CCOC(=O)c1cc(F)c(C#N)cc1C(F)(F)F. The van der Waals surface area contributed by atoms with Crippen molar-refractivity contribution in [2.24, 2.45) is 0 Å². The molecule has 0 amide bonds. The van der Waals surface area contributed by atoms with Crippen molar-refractivity contribution in [3.8, 4) is 6.07 Å². The molecule has 0 heterocycles. The third-order valence-corrected chi connectivity index (χ3v) is 2.03. The van der Waals surface area contributed by atoms with Gasteiger partial charge in [-0.15, -0.1) is 0 Å². The van der Waals surface area contributed by atoms with Gasteiger partial charge in [-0.1, -0.05) is 0 Å². The van der Waals surface area contributed by atoms with Crippen LogP contribution in [0.3, 0.4) is 0 Å². The standard InChI is InChI=1S/C11H7F4NO2/c1-2-18-10(17)7-4-9(12)6(5-16)3-8(7)11(13,14)15/h3-4H,2H2,1H3. The number of ether oxygens (including phenoxy) is 1. The maximum Gasteiger partial charge on any atom is 0.417 e. The van der Waals surface area contributed by atoms with E-state index < -0.39 is 34.7 Å². The minimum atomic E-state index is -4.87. The molecule has 0 aliphatic rings. The number of benzene rings is 1. The summed E-state index contributed by atoms with van der Waals surface area (Å²) in [6, 6.07) is 1.93. The first kappa shape index (κ1) is 14.0. The number of rotatable bonds is 2. The number of alkyl halides is 3. The molecule has 1 aromatic carbocycles. The van der Waals surface area contributed by atoms with Gasteiger partial charge in [-0.25, -0.2) is 9.18 Å². The van der Waals surface area contributed by atoms with Gasteiger partial charge in [-0.2, -0.15) is 18.4 Å². The normalized spacial score (nSPS) is 10.9. The molecule has 0 radical (unpaired) electrons. The molecule has 0 aliphatic carbocycles. The zero-order valence-corrected chi connectivity index (χ0v) is 9.14. The van der Waals surface area contributed by atoms with E-state index in [4.69, 9.17) is 5.26 Å². The van der Waals surface area contributed by atoms with E-state index >= 15 is 0 Å². The van der Waals surface area contributed by atoms with Crippen LogP contribution in [0.15, 0.2) is 12.1 Å². The second-order valence-corrected chi connectivity index (χ2v) is 3.21. The summed E-state index contributed by atoms with van der Waals surface area (Å²) in [5.41, 5.74) is -3.12. The molecular weight excluding hydrogens is 254 g/mol. The van der Waals surface area contributed by atoms with Crippen molar-refractivity contribution in [2.45, 2.75) is 13.1 Å². The molecule has 0 atom stereocenters. The molecule has 0 unspecified atom stereocenters. The van der Waals surface area contributed by atoms with Crippen LogP contribution in [0, 0.1) is 17.1 Å². The van der Waals surface area contributed by atoms with Crippen molar-refractivity contribution in [2.75, 3.05) is 6.61 Å². The Kier molecular flexibility index (Phi) is 3.91. The fraction of sp³-hybridized carbons (Fsp3) is 0.273. The Bertz CT molecular complexity index is 517. The highest BCUT2D eigenvalue weighted by Crippen LogP contribution is 2.33. The second-order valence-electron chi connectivity index (χ2n) is 3.21. The quantitative estimate of drug-likeness (QED) is 0.607. The molecule has 0 saturated heterocycles. The average molecular weight is 261 g/mol. The van der Waals surface area contributed by atoms with Crippen LogP contribution in [-0.4, -0.2) is 12.6 Å². The number of carbonyl (C=O) groups is 1. The topological polar surface area (TPSA) is 50.1 Å². The van der Waals surface area contributed by atoms with Gasteiger partial charge in [0, 0.05) is 0 Å². The summed E-state index contributed by atoms with van der Waals surface area (Å²) in [6.45, 7) is 1.27. The zero-order chi connectivity index (χ0) is 13.9. The third-order valence-electron chi connectivity index (χ3n) is 2.03. The summed E-state index contributed by atoms with van der Waals surface area (Å²) in [4.78, 5) is 11.3. The van der Waals surface area contributed by atoms with Crippen molar-refractivity contribution in [1.29, 1.82) is 5.26 Å². The molecule has 0 aliphatic heterocycles. The van der Waals surface area contributed by atoms with Crippen LogP contribution in [0.4, 0.5) is 17.6 Å². The number of hydrogen-bond acceptors (Lipinski definition) is 3. The van der Waals surface area contributed by atoms with E-state index in [1.54, 1.807) is 0 Å². The highest BCUT2D eigenvalue weighted by Gasteiger charge is 2.37. The second kappa shape index (κ2) is 5.04. The average Bonchev–Trinajstić information content (AvgIpc) is 2.27. The number of hydrogen-bond donors (Lipinski definition) is 0. The summed E-state index contributed by atoms with van der Waals surface area (Å²) in [6.07, 6.45) is -4.87. The molecule has 3 nitrogen and oxygen atoms in total. The molecule has 1 rings (SSSR count). The summed E-state index contributed by atoms with van der Waals surface area (Å²) in [5, 5.41) is 8.47. The fourth-order valence-electron chi connectivity index (χ4n) is 1.27. The van der Waals surface area contributed by atoms with Gasteiger partial charge in [0.15, 0.2) is 0 Å². The molecule has 0 bridgehead atoms. The Morgan fingerprint density at radius 2 is 2.06 bits per heavy atom. The lowest BCUT2D eigenvalue weighted by molar-refractivity contribution is -0.138. The Morgan fingerprint density at radius 3 is 2.50 bits per heavy atom. The van der Waals surface area contributed by atoms with Crippen molar-refractivity contribution < 1.29 is 27.1 Å². The Hall–Kier alpha value is -2.10. The molecular formula is C11H7F4NO2. The molecule has 96 valence electrons. The van der Waals surface area contributed by atoms with Gasteiger partial charge in [-0.3, -0.25) is 0 Å². The number of halogens is 4. The molecule has 0 spiro atoms. The lowest BCUT2D eigenvalue weighted by atomic mass is 10.0. The van der Waals surface area contributed by atoms with Gasteiger partial charge < -0.3 is 4.74 Å². The van der Waals surface area contributed by atoms with Gasteiger partial charge in [0.1, 0.15) is 11.9 Å². The molecule has 0 N–H and O–H groups in total. The summed E-state index contributed by atoms with van der Waals surface area (Å²) in [7, 11) is 0. The molecule has 18 heavy (non-hydrogen) atoms. The summed E-state index contributed by atoms with van der Waals surface area (Å²) >= 11 is 0. The minimum absolute atomic E-state index is 0.141. The van der Waals surface area contributed by atoms with Gasteiger partial charge in [-0.05, 0) is 19.1 Å². The zero-order valence-electron chi connectivity index (χ0n) is 9.14. The lowest BCUT2D eigenvalue weighted by Gasteiger charge is -2.12. The van der Waals surface area contributed by atoms with Crippen LogP contribution in [-0.2, 0) is 10.9 Å². The Labute approximate surface area is 99.6 Å². The monoisotopic (exact) mass is 261 g/mol. The smallest absolute Gasteiger partial charge is 0.417 e. The molecule has 0 aromatic heterocycles.